The first-order chi connectivity index (χ1) is 15.8. The van der Waals surface area contributed by atoms with E-state index >= 15 is 0 Å². The Morgan fingerprint density at radius 1 is 0.970 bits per heavy atom. The quantitative estimate of drug-likeness (QED) is 0.550. The Morgan fingerprint density at radius 2 is 1.64 bits per heavy atom. The third kappa shape index (κ3) is 5.25. The minimum Gasteiger partial charge on any atom is -0.455 e. The fourth-order valence-electron chi connectivity index (χ4n) is 3.92. The Bertz CT molecular complexity index is 1250. The van der Waals surface area contributed by atoms with E-state index in [2.05, 4.69) is 10.2 Å². The summed E-state index contributed by atoms with van der Waals surface area (Å²) in [4.78, 5) is 26.5. The first-order valence-electron chi connectivity index (χ1n) is 10.6. The molecule has 1 aromatic heterocycles. The van der Waals surface area contributed by atoms with E-state index < -0.39 is 15.7 Å². The number of hydrogen-bond acceptors (Lipinski definition) is 6. The van der Waals surface area contributed by atoms with Crippen molar-refractivity contribution in [1.82, 2.24) is 0 Å². The molecule has 172 valence electrons. The van der Waals surface area contributed by atoms with Gasteiger partial charge < -0.3 is 20.4 Å². The van der Waals surface area contributed by atoms with Crippen molar-refractivity contribution in [2.75, 3.05) is 23.3 Å². The second-order valence-electron chi connectivity index (χ2n) is 7.97. The average Bonchev–Trinajstić information content (AvgIpc) is 3.28. The predicted octanol–water partition coefficient (Wildman–Crippen LogP) is 3.21. The molecule has 1 saturated heterocycles. The number of para-hydroxylation sites is 2. The van der Waals surface area contributed by atoms with Crippen molar-refractivity contribution in [2.24, 2.45) is 11.7 Å². The number of amides is 2. The van der Waals surface area contributed by atoms with E-state index in [9.17, 15) is 18.0 Å². The zero-order valence-corrected chi connectivity index (χ0v) is 18.8. The summed E-state index contributed by atoms with van der Waals surface area (Å²) in [5.41, 5.74) is 6.87. The van der Waals surface area contributed by atoms with Crippen LogP contribution in [0.25, 0.3) is 0 Å². The molecular formula is C24H25N3O5S. The third-order valence-corrected chi connectivity index (χ3v) is 7.37. The molecule has 2 aromatic carbocycles. The van der Waals surface area contributed by atoms with Gasteiger partial charge in [0.25, 0.3) is 5.91 Å². The maximum atomic E-state index is 12.8. The maximum absolute atomic E-state index is 12.8. The second kappa shape index (κ2) is 9.50. The topological polar surface area (TPSA) is 123 Å². The molecule has 3 aromatic rings. The standard InChI is InChI=1S/C24H25N3O5S/c25-23(28)17-12-14-27(15-13-17)21-9-5-4-8-20(21)26-24(29)22-11-10-18(32-22)16-33(30,31)19-6-2-1-3-7-19/h1-11,17H,12-16H2,(H2,25,28)(H,26,29). The van der Waals surface area contributed by atoms with Crippen molar-refractivity contribution in [3.05, 3.63) is 78.3 Å². The largest absolute Gasteiger partial charge is 0.455 e. The fourth-order valence-corrected chi connectivity index (χ4v) is 5.19. The Labute approximate surface area is 192 Å². The lowest BCUT2D eigenvalue weighted by Crippen LogP contribution is -2.38. The lowest BCUT2D eigenvalue weighted by molar-refractivity contribution is -0.122. The number of rotatable bonds is 7. The molecule has 1 aliphatic rings. The zero-order valence-electron chi connectivity index (χ0n) is 17.9. The Kier molecular flexibility index (Phi) is 6.50. The molecule has 1 aliphatic heterocycles. The lowest BCUT2D eigenvalue weighted by Gasteiger charge is -2.33. The molecule has 2 amide bonds. The fraction of sp³-hybridized carbons (Fsp3) is 0.250. The number of furan rings is 1. The molecule has 0 bridgehead atoms. The van der Waals surface area contributed by atoms with Crippen LogP contribution in [0.2, 0.25) is 0 Å². The van der Waals surface area contributed by atoms with Gasteiger partial charge in [0, 0.05) is 19.0 Å². The summed E-state index contributed by atoms with van der Waals surface area (Å²) in [6.45, 7) is 1.31. The Balaban J connectivity index is 1.45. The number of carbonyl (C=O) groups excluding carboxylic acids is 2. The van der Waals surface area contributed by atoms with Crippen LogP contribution in [0.1, 0.15) is 29.2 Å². The van der Waals surface area contributed by atoms with Crippen LogP contribution < -0.4 is 16.0 Å². The Morgan fingerprint density at radius 3 is 2.33 bits per heavy atom. The normalized spacial score (nSPS) is 14.7. The number of primary amides is 1. The van der Waals surface area contributed by atoms with Crippen LogP contribution in [-0.4, -0.2) is 33.3 Å². The van der Waals surface area contributed by atoms with Crippen molar-refractivity contribution in [2.45, 2.75) is 23.5 Å². The Hall–Kier alpha value is -3.59. The number of nitrogens with zero attached hydrogens (tertiary/aromatic N) is 1. The summed E-state index contributed by atoms with van der Waals surface area (Å²) >= 11 is 0. The number of carbonyl (C=O) groups is 2. The maximum Gasteiger partial charge on any atom is 0.291 e. The molecular weight excluding hydrogens is 442 g/mol. The third-order valence-electron chi connectivity index (χ3n) is 5.71. The van der Waals surface area contributed by atoms with Gasteiger partial charge in [0.15, 0.2) is 15.6 Å². The minimum absolute atomic E-state index is 0.0236. The van der Waals surface area contributed by atoms with Gasteiger partial charge in [0.05, 0.1) is 16.3 Å². The highest BCUT2D eigenvalue weighted by Gasteiger charge is 2.25. The number of hydrogen-bond donors (Lipinski definition) is 2. The second-order valence-corrected chi connectivity index (χ2v) is 9.96. The van der Waals surface area contributed by atoms with Gasteiger partial charge in [0.1, 0.15) is 11.5 Å². The lowest BCUT2D eigenvalue weighted by atomic mass is 9.96. The van der Waals surface area contributed by atoms with Gasteiger partial charge in [-0.1, -0.05) is 30.3 Å². The smallest absolute Gasteiger partial charge is 0.291 e. The van der Waals surface area contributed by atoms with E-state index in [0.717, 1.165) is 5.69 Å². The SMILES string of the molecule is NC(=O)C1CCN(c2ccccc2NC(=O)c2ccc(CS(=O)(=O)c3ccccc3)o2)CC1. The van der Waals surface area contributed by atoms with Gasteiger partial charge in [0.2, 0.25) is 5.91 Å². The molecule has 3 N–H and O–H groups in total. The van der Waals surface area contributed by atoms with Gasteiger partial charge in [-0.25, -0.2) is 8.42 Å². The molecule has 0 radical (unpaired) electrons. The van der Waals surface area contributed by atoms with Crippen molar-refractivity contribution in [1.29, 1.82) is 0 Å². The van der Waals surface area contributed by atoms with E-state index in [-0.39, 0.29) is 34.0 Å². The molecule has 1 fully saturated rings. The zero-order chi connectivity index (χ0) is 23.4. The van der Waals surface area contributed by atoms with Crippen LogP contribution >= 0.6 is 0 Å². The predicted molar refractivity (Wildman–Crippen MR) is 125 cm³/mol. The number of benzene rings is 2. The summed E-state index contributed by atoms with van der Waals surface area (Å²) in [7, 11) is -3.58. The highest BCUT2D eigenvalue weighted by atomic mass is 32.2. The van der Waals surface area contributed by atoms with Gasteiger partial charge in [-0.15, -0.1) is 0 Å². The molecule has 0 unspecified atom stereocenters. The first-order valence-corrected chi connectivity index (χ1v) is 12.3. The monoisotopic (exact) mass is 467 g/mol. The molecule has 0 saturated carbocycles. The van der Waals surface area contributed by atoms with Gasteiger partial charge in [-0.2, -0.15) is 0 Å². The molecule has 4 rings (SSSR count). The van der Waals surface area contributed by atoms with Crippen LogP contribution in [-0.2, 0) is 20.4 Å². The van der Waals surface area contributed by atoms with Crippen LogP contribution in [0.15, 0.2) is 76.0 Å². The molecule has 2 heterocycles. The highest BCUT2D eigenvalue weighted by Crippen LogP contribution is 2.30. The van der Waals surface area contributed by atoms with Gasteiger partial charge in [-0.05, 0) is 49.2 Å². The van der Waals surface area contributed by atoms with Crippen molar-refractivity contribution < 1.29 is 22.4 Å². The number of anilines is 2. The van der Waals surface area contributed by atoms with E-state index in [0.29, 0.717) is 31.6 Å². The van der Waals surface area contributed by atoms with E-state index in [1.54, 1.807) is 24.3 Å². The number of nitrogens with two attached hydrogens (primary N) is 1. The van der Waals surface area contributed by atoms with Crippen LogP contribution in [0.3, 0.4) is 0 Å². The molecule has 0 atom stereocenters. The van der Waals surface area contributed by atoms with E-state index in [4.69, 9.17) is 10.2 Å². The average molecular weight is 468 g/mol. The molecule has 0 aliphatic carbocycles. The van der Waals surface area contributed by atoms with Gasteiger partial charge in [-0.3, -0.25) is 9.59 Å². The summed E-state index contributed by atoms with van der Waals surface area (Å²) in [6.07, 6.45) is 1.32. The van der Waals surface area contributed by atoms with Crippen molar-refractivity contribution in [3.8, 4) is 0 Å². The summed E-state index contributed by atoms with van der Waals surface area (Å²) in [6, 6.07) is 18.4. The van der Waals surface area contributed by atoms with Crippen molar-refractivity contribution >= 4 is 33.0 Å². The minimum atomic E-state index is -3.58. The molecule has 33 heavy (non-hydrogen) atoms. The molecule has 0 spiro atoms. The molecule has 8 nitrogen and oxygen atoms in total. The number of nitrogens with one attached hydrogen (secondary N) is 1. The highest BCUT2D eigenvalue weighted by molar-refractivity contribution is 7.90. The van der Waals surface area contributed by atoms with Crippen molar-refractivity contribution in [3.63, 3.8) is 0 Å². The van der Waals surface area contributed by atoms with E-state index in [1.807, 2.05) is 18.2 Å². The summed E-state index contributed by atoms with van der Waals surface area (Å²) < 4.78 is 30.7. The van der Waals surface area contributed by atoms with Gasteiger partial charge >= 0.3 is 0 Å². The number of piperidine rings is 1. The van der Waals surface area contributed by atoms with Crippen LogP contribution in [0, 0.1) is 5.92 Å². The first kappa shape index (κ1) is 22.6. The number of sulfone groups is 1. The van der Waals surface area contributed by atoms with Crippen LogP contribution in [0.5, 0.6) is 0 Å². The summed E-state index contributed by atoms with van der Waals surface area (Å²) in [5.74, 6) is -1.01. The molecule has 9 heteroatoms. The summed E-state index contributed by atoms with van der Waals surface area (Å²) in [5, 5.41) is 2.85. The van der Waals surface area contributed by atoms with Crippen LogP contribution in [0.4, 0.5) is 11.4 Å². The van der Waals surface area contributed by atoms with E-state index in [1.165, 1.54) is 24.3 Å².